The molecule has 0 aliphatic carbocycles. The zero-order chi connectivity index (χ0) is 12.2. The van der Waals surface area contributed by atoms with E-state index in [0.717, 1.165) is 0 Å². The zero-order valence-corrected chi connectivity index (χ0v) is 9.78. The van der Waals surface area contributed by atoms with Crippen molar-refractivity contribution in [1.82, 2.24) is 0 Å². The number of carbonyl (C=O) groups is 2. The van der Waals surface area contributed by atoms with Gasteiger partial charge in [0, 0.05) is 0 Å². The summed E-state index contributed by atoms with van der Waals surface area (Å²) in [6, 6.07) is 0. The first-order valence-electron chi connectivity index (χ1n) is 5.32. The Kier molecular flexibility index (Phi) is 4.78. The monoisotopic (exact) mass is 216 g/mol. The van der Waals surface area contributed by atoms with Crippen LogP contribution in [0.1, 0.15) is 40.5 Å². The number of carboxylic acid groups (broad SMARTS) is 2. The van der Waals surface area contributed by atoms with Gasteiger partial charge in [0.2, 0.25) is 0 Å². The minimum absolute atomic E-state index is 0.373. The molecule has 2 unspecified atom stereocenters. The van der Waals surface area contributed by atoms with Gasteiger partial charge in [-0.05, 0) is 11.8 Å². The van der Waals surface area contributed by atoms with Crippen LogP contribution in [-0.4, -0.2) is 22.2 Å². The normalized spacial score (nSPS) is 15.7. The molecule has 0 aromatic carbocycles. The minimum Gasteiger partial charge on any atom is -0.480 e. The highest BCUT2D eigenvalue weighted by atomic mass is 16.4. The van der Waals surface area contributed by atoms with E-state index in [2.05, 4.69) is 0 Å². The quantitative estimate of drug-likeness (QED) is 0.668. The molecule has 4 heteroatoms. The van der Waals surface area contributed by atoms with E-state index in [4.69, 9.17) is 0 Å². The molecule has 0 fully saturated rings. The van der Waals surface area contributed by atoms with Gasteiger partial charge in [-0.15, -0.1) is 0 Å². The van der Waals surface area contributed by atoms with Crippen LogP contribution in [0.4, 0.5) is 0 Å². The second-order valence-corrected chi connectivity index (χ2v) is 4.10. The minimum atomic E-state index is -1.65. The average Bonchev–Trinajstić information content (AvgIpc) is 2.16. The first-order valence-corrected chi connectivity index (χ1v) is 5.32. The zero-order valence-electron chi connectivity index (χ0n) is 9.78. The summed E-state index contributed by atoms with van der Waals surface area (Å²) in [7, 11) is 0. The third-order valence-corrected chi connectivity index (χ3v) is 3.49. The lowest BCUT2D eigenvalue weighted by atomic mass is 9.66. The van der Waals surface area contributed by atoms with Crippen LogP contribution in [0, 0.1) is 17.3 Å². The number of carboxylic acids is 2. The first kappa shape index (κ1) is 13.9. The third-order valence-electron chi connectivity index (χ3n) is 3.49. The van der Waals surface area contributed by atoms with Crippen LogP contribution in [0.25, 0.3) is 0 Å². The van der Waals surface area contributed by atoms with Gasteiger partial charge in [-0.3, -0.25) is 9.59 Å². The number of hydrogen-bond donors (Lipinski definition) is 2. The number of rotatable bonds is 6. The average molecular weight is 216 g/mol. The molecule has 0 aliphatic heterocycles. The molecule has 0 saturated heterocycles. The van der Waals surface area contributed by atoms with E-state index in [1.54, 1.807) is 13.8 Å². The van der Waals surface area contributed by atoms with Crippen molar-refractivity contribution in [2.75, 3.05) is 0 Å². The van der Waals surface area contributed by atoms with Crippen LogP contribution in [-0.2, 0) is 9.59 Å². The Balaban J connectivity index is 5.47. The lowest BCUT2D eigenvalue weighted by Gasteiger charge is -2.35. The standard InChI is InChI=1S/C11H20O4/c1-5-7(3)11(9(12)13,10(14)15)8(4)6-2/h7-8H,5-6H2,1-4H3,(H,12,13)(H,14,15). The summed E-state index contributed by atoms with van der Waals surface area (Å²) in [5.41, 5.74) is -1.65. The molecule has 15 heavy (non-hydrogen) atoms. The van der Waals surface area contributed by atoms with Crippen molar-refractivity contribution in [3.05, 3.63) is 0 Å². The lowest BCUT2D eigenvalue weighted by molar-refractivity contribution is -0.174. The van der Waals surface area contributed by atoms with Gasteiger partial charge in [-0.1, -0.05) is 40.5 Å². The summed E-state index contributed by atoms with van der Waals surface area (Å²) in [6.07, 6.45) is 1.09. The molecule has 0 radical (unpaired) electrons. The second kappa shape index (κ2) is 5.14. The summed E-state index contributed by atoms with van der Waals surface area (Å²) in [4.78, 5) is 22.6. The third kappa shape index (κ3) is 2.13. The van der Waals surface area contributed by atoms with Crippen molar-refractivity contribution in [1.29, 1.82) is 0 Å². The lowest BCUT2D eigenvalue weighted by Crippen LogP contribution is -2.49. The SMILES string of the molecule is CCC(C)C(C(=O)O)(C(=O)O)C(C)CC. The summed E-state index contributed by atoms with van der Waals surface area (Å²) in [6.45, 7) is 7.00. The molecule has 0 aromatic rings. The van der Waals surface area contributed by atoms with Gasteiger partial charge in [0.25, 0.3) is 0 Å². The summed E-state index contributed by atoms with van der Waals surface area (Å²) in [5.74, 6) is -3.19. The summed E-state index contributed by atoms with van der Waals surface area (Å²) < 4.78 is 0. The van der Waals surface area contributed by atoms with Crippen molar-refractivity contribution >= 4 is 11.9 Å². The number of hydrogen-bond acceptors (Lipinski definition) is 2. The molecule has 0 saturated carbocycles. The molecule has 0 bridgehead atoms. The van der Waals surface area contributed by atoms with E-state index < -0.39 is 17.4 Å². The molecule has 88 valence electrons. The largest absolute Gasteiger partial charge is 0.480 e. The summed E-state index contributed by atoms with van der Waals surface area (Å²) in [5, 5.41) is 18.4. The van der Waals surface area contributed by atoms with E-state index in [0.29, 0.717) is 12.8 Å². The van der Waals surface area contributed by atoms with Gasteiger partial charge in [0.05, 0.1) is 0 Å². The molecule has 0 aliphatic rings. The van der Waals surface area contributed by atoms with Gasteiger partial charge in [-0.25, -0.2) is 0 Å². The van der Waals surface area contributed by atoms with Gasteiger partial charge in [-0.2, -0.15) is 0 Å². The molecule has 4 nitrogen and oxygen atoms in total. The first-order chi connectivity index (χ1) is 6.85. The van der Waals surface area contributed by atoms with E-state index in [9.17, 15) is 19.8 Å². The van der Waals surface area contributed by atoms with Gasteiger partial charge in [0.15, 0.2) is 5.41 Å². The van der Waals surface area contributed by atoms with Crippen LogP contribution < -0.4 is 0 Å². The van der Waals surface area contributed by atoms with Gasteiger partial charge in [0.1, 0.15) is 0 Å². The Morgan fingerprint density at radius 2 is 1.27 bits per heavy atom. The van der Waals surface area contributed by atoms with Crippen molar-refractivity contribution in [3.8, 4) is 0 Å². The highest BCUT2D eigenvalue weighted by molar-refractivity contribution is 5.98. The molecule has 2 N–H and O–H groups in total. The molecular weight excluding hydrogens is 196 g/mol. The highest BCUT2D eigenvalue weighted by Crippen LogP contribution is 2.40. The van der Waals surface area contributed by atoms with Crippen LogP contribution >= 0.6 is 0 Å². The molecular formula is C11H20O4. The topological polar surface area (TPSA) is 74.6 Å². The Morgan fingerprint density at radius 1 is 1.00 bits per heavy atom. The van der Waals surface area contributed by atoms with E-state index in [-0.39, 0.29) is 11.8 Å². The molecule has 2 atom stereocenters. The van der Waals surface area contributed by atoms with E-state index in [1.165, 1.54) is 0 Å². The summed E-state index contributed by atoms with van der Waals surface area (Å²) >= 11 is 0. The van der Waals surface area contributed by atoms with Crippen LogP contribution in [0.15, 0.2) is 0 Å². The Hall–Kier alpha value is -1.06. The van der Waals surface area contributed by atoms with Gasteiger partial charge >= 0.3 is 11.9 Å². The van der Waals surface area contributed by atoms with Crippen molar-refractivity contribution in [2.45, 2.75) is 40.5 Å². The maximum absolute atomic E-state index is 11.3. The van der Waals surface area contributed by atoms with Gasteiger partial charge < -0.3 is 10.2 Å². The Labute approximate surface area is 90.3 Å². The van der Waals surface area contributed by atoms with Crippen molar-refractivity contribution < 1.29 is 19.8 Å². The molecule has 0 aromatic heterocycles. The smallest absolute Gasteiger partial charge is 0.321 e. The predicted octanol–water partition coefficient (Wildman–Crippen LogP) is 2.23. The molecule has 0 amide bonds. The molecule has 0 rings (SSSR count). The second-order valence-electron chi connectivity index (χ2n) is 4.10. The number of aliphatic carboxylic acids is 2. The predicted molar refractivity (Wildman–Crippen MR) is 56.6 cm³/mol. The Morgan fingerprint density at radius 3 is 1.40 bits per heavy atom. The van der Waals surface area contributed by atoms with Crippen molar-refractivity contribution in [2.24, 2.45) is 17.3 Å². The van der Waals surface area contributed by atoms with Crippen molar-refractivity contribution in [3.63, 3.8) is 0 Å². The Bertz CT molecular complexity index is 221. The fourth-order valence-electron chi connectivity index (χ4n) is 2.06. The van der Waals surface area contributed by atoms with Crippen LogP contribution in [0.5, 0.6) is 0 Å². The maximum atomic E-state index is 11.3. The van der Waals surface area contributed by atoms with E-state index >= 15 is 0 Å². The van der Waals surface area contributed by atoms with Crippen LogP contribution in [0.3, 0.4) is 0 Å². The maximum Gasteiger partial charge on any atom is 0.321 e. The fourth-order valence-corrected chi connectivity index (χ4v) is 2.06. The molecule has 0 spiro atoms. The molecule has 0 heterocycles. The van der Waals surface area contributed by atoms with E-state index in [1.807, 2.05) is 13.8 Å². The highest BCUT2D eigenvalue weighted by Gasteiger charge is 2.53. The van der Waals surface area contributed by atoms with Crippen LogP contribution in [0.2, 0.25) is 0 Å². The fraction of sp³-hybridized carbons (Fsp3) is 0.818.